The van der Waals surface area contributed by atoms with Crippen molar-refractivity contribution in [2.24, 2.45) is 7.05 Å². The van der Waals surface area contributed by atoms with Crippen molar-refractivity contribution in [3.63, 3.8) is 0 Å². The molecule has 96 valence electrons. The number of imidazole rings is 1. The van der Waals surface area contributed by atoms with E-state index >= 15 is 0 Å². The normalized spacial score (nSPS) is 10.6. The highest BCUT2D eigenvalue weighted by Crippen LogP contribution is 2.19. The smallest absolute Gasteiger partial charge is 0.137 e. The zero-order valence-electron chi connectivity index (χ0n) is 10.5. The quantitative estimate of drug-likeness (QED) is 0.841. The fourth-order valence-electron chi connectivity index (χ4n) is 1.79. The van der Waals surface area contributed by atoms with E-state index in [0.29, 0.717) is 5.15 Å². The molecule has 0 bridgehead atoms. The first-order valence-electron chi connectivity index (χ1n) is 5.91. The molecule has 0 radical (unpaired) electrons. The third kappa shape index (κ3) is 2.79. The molecule has 0 atom stereocenters. The third-order valence-corrected chi connectivity index (χ3v) is 3.13. The average Bonchev–Trinajstić information content (AvgIpc) is 2.75. The number of aryl methyl sites for hydroxylation is 1. The van der Waals surface area contributed by atoms with Crippen LogP contribution in [0, 0.1) is 0 Å². The third-order valence-electron chi connectivity index (χ3n) is 2.81. The van der Waals surface area contributed by atoms with E-state index in [1.165, 1.54) is 6.33 Å². The monoisotopic (exact) mass is 265 g/mol. The Balaban J connectivity index is 1.98. The van der Waals surface area contributed by atoms with Crippen LogP contribution in [0.3, 0.4) is 0 Å². The van der Waals surface area contributed by atoms with Gasteiger partial charge in [-0.2, -0.15) is 0 Å². The Kier molecular flexibility index (Phi) is 4.15. The van der Waals surface area contributed by atoms with Gasteiger partial charge in [0.2, 0.25) is 0 Å². The summed E-state index contributed by atoms with van der Waals surface area (Å²) in [4.78, 5) is 12.5. The molecule has 0 amide bonds. The molecule has 0 saturated heterocycles. The lowest BCUT2D eigenvalue weighted by molar-refractivity contribution is 0.787. The summed E-state index contributed by atoms with van der Waals surface area (Å²) in [6, 6.07) is 0. The second-order valence-electron chi connectivity index (χ2n) is 3.98. The molecular formula is C12H16ClN5. The molecule has 5 nitrogen and oxygen atoms in total. The molecular weight excluding hydrogens is 250 g/mol. The summed E-state index contributed by atoms with van der Waals surface area (Å²) in [5, 5.41) is 3.80. The number of hydrogen-bond acceptors (Lipinski definition) is 4. The highest BCUT2D eigenvalue weighted by molar-refractivity contribution is 6.30. The van der Waals surface area contributed by atoms with E-state index in [0.717, 1.165) is 36.6 Å². The van der Waals surface area contributed by atoms with Gasteiger partial charge in [0.05, 0.1) is 0 Å². The van der Waals surface area contributed by atoms with Gasteiger partial charge in [0.25, 0.3) is 0 Å². The molecule has 0 aliphatic carbocycles. The van der Waals surface area contributed by atoms with Crippen molar-refractivity contribution < 1.29 is 0 Å². The van der Waals surface area contributed by atoms with Crippen LogP contribution in [0.15, 0.2) is 18.7 Å². The molecule has 2 rings (SSSR count). The van der Waals surface area contributed by atoms with Crippen LogP contribution in [0.25, 0.3) is 0 Å². The maximum Gasteiger partial charge on any atom is 0.137 e. The van der Waals surface area contributed by atoms with E-state index in [-0.39, 0.29) is 0 Å². The first-order valence-corrected chi connectivity index (χ1v) is 6.29. The molecule has 2 heterocycles. The van der Waals surface area contributed by atoms with Crippen molar-refractivity contribution in [2.75, 3.05) is 11.9 Å². The van der Waals surface area contributed by atoms with Gasteiger partial charge in [-0.15, -0.1) is 0 Å². The summed E-state index contributed by atoms with van der Waals surface area (Å²) in [5.74, 6) is 1.85. The first-order chi connectivity index (χ1) is 8.72. The second-order valence-corrected chi connectivity index (χ2v) is 4.33. The lowest BCUT2D eigenvalue weighted by atomic mass is 10.2. The predicted octanol–water partition coefficient (Wildman–Crippen LogP) is 2.08. The van der Waals surface area contributed by atoms with Crippen molar-refractivity contribution in [1.29, 1.82) is 0 Å². The lowest BCUT2D eigenvalue weighted by Crippen LogP contribution is -2.11. The van der Waals surface area contributed by atoms with Crippen molar-refractivity contribution in [3.8, 4) is 0 Å². The SMILES string of the molecule is CCc1c(Cl)ncnc1NCCc1nccn1C. The van der Waals surface area contributed by atoms with E-state index in [2.05, 4.69) is 20.3 Å². The number of aromatic nitrogens is 4. The van der Waals surface area contributed by atoms with Crippen LogP contribution >= 0.6 is 11.6 Å². The standard InChI is InChI=1S/C12H16ClN5/c1-3-9-11(13)16-8-17-12(9)15-5-4-10-14-6-7-18(10)2/h6-8H,3-5H2,1-2H3,(H,15,16,17). The van der Waals surface area contributed by atoms with E-state index < -0.39 is 0 Å². The van der Waals surface area contributed by atoms with E-state index in [1.807, 2.05) is 24.7 Å². The average molecular weight is 266 g/mol. The predicted molar refractivity (Wildman–Crippen MR) is 71.8 cm³/mol. The van der Waals surface area contributed by atoms with E-state index in [9.17, 15) is 0 Å². The Hall–Kier alpha value is -1.62. The number of hydrogen-bond donors (Lipinski definition) is 1. The highest BCUT2D eigenvalue weighted by atomic mass is 35.5. The van der Waals surface area contributed by atoms with Gasteiger partial charge in [0, 0.05) is 38.0 Å². The van der Waals surface area contributed by atoms with Crippen molar-refractivity contribution >= 4 is 17.4 Å². The van der Waals surface area contributed by atoms with Crippen molar-refractivity contribution in [2.45, 2.75) is 19.8 Å². The van der Waals surface area contributed by atoms with Gasteiger partial charge in [0.15, 0.2) is 0 Å². The van der Waals surface area contributed by atoms with Gasteiger partial charge in [-0.05, 0) is 6.42 Å². The molecule has 18 heavy (non-hydrogen) atoms. The molecule has 6 heteroatoms. The maximum atomic E-state index is 6.03. The van der Waals surface area contributed by atoms with Crippen LogP contribution in [0.1, 0.15) is 18.3 Å². The Morgan fingerprint density at radius 1 is 1.33 bits per heavy atom. The van der Waals surface area contributed by atoms with Crippen LogP contribution < -0.4 is 5.32 Å². The molecule has 2 aromatic rings. The molecule has 0 aliphatic rings. The summed E-state index contributed by atoms with van der Waals surface area (Å²) >= 11 is 6.03. The minimum absolute atomic E-state index is 0.520. The number of rotatable bonds is 5. The van der Waals surface area contributed by atoms with Gasteiger partial charge in [0.1, 0.15) is 23.1 Å². The van der Waals surface area contributed by atoms with Crippen molar-refractivity contribution in [3.05, 3.63) is 35.3 Å². The molecule has 0 aliphatic heterocycles. The minimum Gasteiger partial charge on any atom is -0.369 e. The van der Waals surface area contributed by atoms with Crippen LogP contribution in [0.2, 0.25) is 5.15 Å². The Bertz CT molecular complexity index is 523. The second kappa shape index (κ2) is 5.82. The lowest BCUT2D eigenvalue weighted by Gasteiger charge is -2.10. The molecule has 0 fully saturated rings. The van der Waals surface area contributed by atoms with Crippen LogP contribution in [-0.4, -0.2) is 26.1 Å². The molecule has 0 saturated carbocycles. The largest absolute Gasteiger partial charge is 0.369 e. The molecule has 2 aromatic heterocycles. The van der Waals surface area contributed by atoms with Gasteiger partial charge in [-0.25, -0.2) is 15.0 Å². The van der Waals surface area contributed by atoms with Gasteiger partial charge >= 0.3 is 0 Å². The summed E-state index contributed by atoms with van der Waals surface area (Å²) in [5.41, 5.74) is 0.957. The fraction of sp³-hybridized carbons (Fsp3) is 0.417. The van der Waals surface area contributed by atoms with Crippen molar-refractivity contribution in [1.82, 2.24) is 19.5 Å². The Morgan fingerprint density at radius 2 is 2.17 bits per heavy atom. The summed E-state index contributed by atoms with van der Waals surface area (Å²) < 4.78 is 2.01. The Morgan fingerprint density at radius 3 is 2.83 bits per heavy atom. The molecule has 0 spiro atoms. The van der Waals surface area contributed by atoms with Crippen LogP contribution in [-0.2, 0) is 19.9 Å². The zero-order valence-corrected chi connectivity index (χ0v) is 11.3. The fourth-order valence-corrected chi connectivity index (χ4v) is 2.05. The van der Waals surface area contributed by atoms with E-state index in [1.54, 1.807) is 6.20 Å². The minimum atomic E-state index is 0.520. The summed E-state index contributed by atoms with van der Waals surface area (Å²) in [6.07, 6.45) is 6.87. The van der Waals surface area contributed by atoms with Crippen LogP contribution in [0.5, 0.6) is 0 Å². The maximum absolute atomic E-state index is 6.03. The van der Waals surface area contributed by atoms with Crippen LogP contribution in [0.4, 0.5) is 5.82 Å². The summed E-state index contributed by atoms with van der Waals surface area (Å²) in [7, 11) is 1.99. The van der Waals surface area contributed by atoms with E-state index in [4.69, 9.17) is 11.6 Å². The number of nitrogens with one attached hydrogen (secondary N) is 1. The molecule has 0 unspecified atom stereocenters. The number of nitrogens with zero attached hydrogens (tertiary/aromatic N) is 4. The number of halogens is 1. The van der Waals surface area contributed by atoms with Gasteiger partial charge in [-0.3, -0.25) is 0 Å². The molecule has 1 N–H and O–H groups in total. The van der Waals surface area contributed by atoms with Gasteiger partial charge in [-0.1, -0.05) is 18.5 Å². The number of anilines is 1. The topological polar surface area (TPSA) is 55.6 Å². The first kappa shape index (κ1) is 12.8. The summed E-state index contributed by atoms with van der Waals surface area (Å²) in [6.45, 7) is 2.81. The van der Waals surface area contributed by atoms with Gasteiger partial charge < -0.3 is 9.88 Å². The Labute approximate surface area is 111 Å². The zero-order chi connectivity index (χ0) is 13.0. The highest BCUT2D eigenvalue weighted by Gasteiger charge is 2.07. The molecule has 0 aromatic carbocycles.